The van der Waals surface area contributed by atoms with Crippen molar-refractivity contribution in [1.29, 1.82) is 0 Å². The number of thioether (sulfide) groups is 1. The van der Waals surface area contributed by atoms with E-state index in [1.54, 1.807) is 69.2 Å². The summed E-state index contributed by atoms with van der Waals surface area (Å²) >= 11 is 1.55. The predicted molar refractivity (Wildman–Crippen MR) is 165 cm³/mol. The van der Waals surface area contributed by atoms with E-state index < -0.39 is 31.9 Å². The lowest BCUT2D eigenvalue weighted by molar-refractivity contribution is -0.115. The molecular formula is C27H47N4O8PS. The number of para-hydroxylation sites is 1. The Balaban J connectivity index is 0.00000205. The number of nitrogens with zero attached hydrogens (tertiary/aromatic N) is 2. The van der Waals surface area contributed by atoms with E-state index >= 15 is 0 Å². The first kappa shape index (κ1) is 38.8. The molecule has 0 saturated carbocycles. The van der Waals surface area contributed by atoms with Gasteiger partial charge in [0.1, 0.15) is 30.2 Å². The van der Waals surface area contributed by atoms with E-state index in [-0.39, 0.29) is 18.9 Å². The van der Waals surface area contributed by atoms with Crippen molar-refractivity contribution in [3.8, 4) is 5.75 Å². The van der Waals surface area contributed by atoms with Crippen molar-refractivity contribution in [3.05, 3.63) is 53.1 Å². The van der Waals surface area contributed by atoms with Crippen LogP contribution in [0.4, 0.5) is 5.82 Å². The average Bonchev–Trinajstić information content (AvgIpc) is 2.98. The summed E-state index contributed by atoms with van der Waals surface area (Å²) in [6.07, 6.45) is 1.97. The van der Waals surface area contributed by atoms with E-state index in [1.807, 2.05) is 34.0 Å². The summed E-state index contributed by atoms with van der Waals surface area (Å²) in [5, 5.41) is 16.0. The van der Waals surface area contributed by atoms with Gasteiger partial charge in [0.15, 0.2) is 0 Å². The van der Waals surface area contributed by atoms with Crippen LogP contribution in [-0.4, -0.2) is 78.6 Å². The fourth-order valence-corrected chi connectivity index (χ4v) is 4.58. The Labute approximate surface area is 248 Å². The standard InChI is InChI=1S/C21H31N4O7PS.C4H10O.C2H6/c1-16(25-12-9-20(22-2)24-21(25)28)31-19(18(27)10-14-34-3)15-30-33(29,23-11-13-26)32-17-7-5-4-6-8-17;1-4(2)5-3;1-2/h4-9,12-13,16,18-19,27H,10-11,14-15H2,1-3H3,(H,23,29)(H,22,24,28);4H,1-3H3;1-2H3/t16?,18-,19?,33?;;/m0../s1. The van der Waals surface area contributed by atoms with Gasteiger partial charge in [0.25, 0.3) is 0 Å². The third kappa shape index (κ3) is 16.1. The van der Waals surface area contributed by atoms with Crippen molar-refractivity contribution in [2.24, 2.45) is 0 Å². The summed E-state index contributed by atoms with van der Waals surface area (Å²) in [5.41, 5.74) is -0.539. The molecule has 1 aromatic heterocycles. The van der Waals surface area contributed by atoms with Crippen LogP contribution >= 0.6 is 19.5 Å². The molecule has 4 atom stereocenters. The van der Waals surface area contributed by atoms with Gasteiger partial charge in [-0.05, 0) is 57.4 Å². The van der Waals surface area contributed by atoms with E-state index in [0.717, 1.165) is 0 Å². The molecule has 2 aromatic rings. The lowest BCUT2D eigenvalue weighted by Crippen LogP contribution is -2.38. The molecule has 1 heterocycles. The molecule has 0 bridgehead atoms. The van der Waals surface area contributed by atoms with Crippen molar-refractivity contribution in [2.45, 2.75) is 65.6 Å². The maximum atomic E-state index is 13.2. The van der Waals surface area contributed by atoms with E-state index in [2.05, 4.69) is 15.4 Å². The number of hydrogen-bond acceptors (Lipinski definition) is 11. The number of rotatable bonds is 17. The van der Waals surface area contributed by atoms with E-state index in [1.165, 1.54) is 10.8 Å². The Kier molecular flexibility index (Phi) is 21.1. The molecular weight excluding hydrogens is 571 g/mol. The highest BCUT2D eigenvalue weighted by Crippen LogP contribution is 2.44. The van der Waals surface area contributed by atoms with Crippen LogP contribution < -0.4 is 20.6 Å². The van der Waals surface area contributed by atoms with Crippen LogP contribution in [0.1, 0.15) is 47.3 Å². The highest BCUT2D eigenvalue weighted by atomic mass is 32.2. The molecule has 41 heavy (non-hydrogen) atoms. The molecule has 14 heteroatoms. The highest BCUT2D eigenvalue weighted by Gasteiger charge is 2.31. The van der Waals surface area contributed by atoms with E-state index in [0.29, 0.717) is 30.4 Å². The number of aliphatic hydroxyl groups excluding tert-OH is 1. The Hall–Kier alpha value is -2.25. The quantitative estimate of drug-likeness (QED) is 0.171. The molecule has 0 aliphatic heterocycles. The first-order valence-corrected chi connectivity index (χ1v) is 16.3. The van der Waals surface area contributed by atoms with Gasteiger partial charge in [-0.1, -0.05) is 32.0 Å². The molecule has 0 fully saturated rings. The van der Waals surface area contributed by atoms with Gasteiger partial charge in [0.05, 0.1) is 25.4 Å². The highest BCUT2D eigenvalue weighted by molar-refractivity contribution is 7.98. The summed E-state index contributed by atoms with van der Waals surface area (Å²) in [4.78, 5) is 27.1. The molecule has 0 amide bonds. The van der Waals surface area contributed by atoms with Crippen LogP contribution in [0.2, 0.25) is 0 Å². The Morgan fingerprint density at radius 1 is 1.17 bits per heavy atom. The largest absolute Gasteiger partial charge is 0.459 e. The number of aldehydes is 1. The molecule has 3 unspecified atom stereocenters. The van der Waals surface area contributed by atoms with E-state index in [9.17, 15) is 19.3 Å². The summed E-state index contributed by atoms with van der Waals surface area (Å²) in [7, 11) is -0.632. The SMILES string of the molecule is CC.CNc1ccn(C(C)OC(COP(=O)(NCC=O)Oc2ccccc2)[C@@H](O)CCSC)c(=O)n1.COC(C)C. The summed E-state index contributed by atoms with van der Waals surface area (Å²) in [6.45, 7) is 9.04. The minimum absolute atomic E-state index is 0.264. The topological polar surface area (TPSA) is 150 Å². The van der Waals surface area contributed by atoms with Crippen molar-refractivity contribution in [2.75, 3.05) is 44.6 Å². The number of benzene rings is 1. The third-order valence-electron chi connectivity index (χ3n) is 5.11. The Morgan fingerprint density at radius 3 is 2.32 bits per heavy atom. The molecule has 0 radical (unpaired) electrons. The Bertz CT molecular complexity index is 1060. The molecule has 0 aliphatic carbocycles. The average molecular weight is 619 g/mol. The minimum atomic E-state index is -3.98. The number of ether oxygens (including phenoxy) is 2. The molecule has 0 spiro atoms. The smallest absolute Gasteiger partial charge is 0.413 e. The first-order valence-electron chi connectivity index (χ1n) is 13.4. The normalized spacial score (nSPS) is 14.3. The fourth-order valence-electron chi connectivity index (χ4n) is 2.86. The number of carbonyl (C=O) groups is 1. The number of hydrogen-bond donors (Lipinski definition) is 3. The van der Waals surface area contributed by atoms with Crippen molar-refractivity contribution >= 4 is 31.6 Å². The minimum Gasteiger partial charge on any atom is -0.413 e. The monoisotopic (exact) mass is 618 g/mol. The van der Waals surface area contributed by atoms with Crippen molar-refractivity contribution in [3.63, 3.8) is 0 Å². The predicted octanol–water partition coefficient (Wildman–Crippen LogP) is 4.36. The molecule has 3 N–H and O–H groups in total. The van der Waals surface area contributed by atoms with Crippen LogP contribution in [0, 0.1) is 0 Å². The molecule has 0 saturated heterocycles. The van der Waals surface area contributed by atoms with Gasteiger partial charge in [-0.3, -0.25) is 9.09 Å². The molecule has 2 rings (SSSR count). The second kappa shape index (κ2) is 22.4. The van der Waals surface area contributed by atoms with Crippen LogP contribution in [-0.2, 0) is 23.4 Å². The van der Waals surface area contributed by atoms with Gasteiger partial charge in [0, 0.05) is 20.4 Å². The van der Waals surface area contributed by atoms with Gasteiger partial charge < -0.3 is 29.2 Å². The lowest BCUT2D eigenvalue weighted by Gasteiger charge is -2.28. The second-order valence-corrected chi connectivity index (χ2v) is 11.1. The van der Waals surface area contributed by atoms with Crippen LogP contribution in [0.25, 0.3) is 0 Å². The van der Waals surface area contributed by atoms with Gasteiger partial charge in [0.2, 0.25) is 0 Å². The number of anilines is 1. The lowest BCUT2D eigenvalue weighted by atomic mass is 10.1. The van der Waals surface area contributed by atoms with Gasteiger partial charge in [-0.15, -0.1) is 0 Å². The van der Waals surface area contributed by atoms with Crippen LogP contribution in [0.3, 0.4) is 0 Å². The molecule has 1 aromatic carbocycles. The van der Waals surface area contributed by atoms with Crippen LogP contribution in [0.15, 0.2) is 47.4 Å². The number of aromatic nitrogens is 2. The molecule has 0 aliphatic rings. The number of nitrogens with one attached hydrogen (secondary N) is 2. The zero-order chi connectivity index (χ0) is 31.3. The van der Waals surface area contributed by atoms with E-state index in [4.69, 9.17) is 18.5 Å². The maximum Gasteiger partial charge on any atom is 0.459 e. The number of methoxy groups -OCH3 is 1. The number of aliphatic hydroxyl groups is 1. The summed E-state index contributed by atoms with van der Waals surface area (Å²) < 4.78 is 36.3. The fraction of sp³-hybridized carbons (Fsp3) is 0.593. The maximum absolute atomic E-state index is 13.2. The zero-order valence-corrected chi connectivity index (χ0v) is 27.0. The molecule has 12 nitrogen and oxygen atoms in total. The Morgan fingerprint density at radius 2 is 1.80 bits per heavy atom. The van der Waals surface area contributed by atoms with Crippen molar-refractivity contribution in [1.82, 2.24) is 14.6 Å². The zero-order valence-electron chi connectivity index (χ0n) is 25.3. The second-order valence-electron chi connectivity index (χ2n) is 8.39. The van der Waals surface area contributed by atoms with Gasteiger partial charge in [-0.2, -0.15) is 16.7 Å². The van der Waals surface area contributed by atoms with Gasteiger partial charge >= 0.3 is 13.4 Å². The molecule has 234 valence electrons. The third-order valence-corrected chi connectivity index (χ3v) is 7.27. The van der Waals surface area contributed by atoms with Gasteiger partial charge in [-0.25, -0.2) is 14.4 Å². The van der Waals surface area contributed by atoms with Crippen molar-refractivity contribution < 1.29 is 33.0 Å². The summed E-state index contributed by atoms with van der Waals surface area (Å²) in [6, 6.07) is 9.97. The van der Waals surface area contributed by atoms with Crippen LogP contribution in [0.5, 0.6) is 5.75 Å². The first-order chi connectivity index (χ1) is 19.6. The number of carbonyl (C=O) groups excluding carboxylic acids is 1. The summed E-state index contributed by atoms with van der Waals surface area (Å²) in [5.74, 6) is 1.34.